The van der Waals surface area contributed by atoms with Gasteiger partial charge < -0.3 is 10.7 Å². The van der Waals surface area contributed by atoms with Gasteiger partial charge in [0.2, 0.25) is 11.1 Å². The highest BCUT2D eigenvalue weighted by molar-refractivity contribution is 7.99. The van der Waals surface area contributed by atoms with Crippen molar-refractivity contribution in [3.8, 4) is 11.4 Å². The number of nitrogens with zero attached hydrogens (tertiary/aromatic N) is 4. The molecule has 0 unspecified atom stereocenters. The van der Waals surface area contributed by atoms with Crippen LogP contribution in [-0.4, -0.2) is 44.5 Å². The summed E-state index contributed by atoms with van der Waals surface area (Å²) >= 11 is 1.21. The molecule has 0 saturated carbocycles. The Kier molecular flexibility index (Phi) is 5.37. The van der Waals surface area contributed by atoms with E-state index in [9.17, 15) is 9.18 Å². The molecule has 0 spiro atoms. The van der Waals surface area contributed by atoms with Crippen LogP contribution in [0.25, 0.3) is 11.4 Å². The number of benzene rings is 1. The summed E-state index contributed by atoms with van der Waals surface area (Å²) in [5.74, 6) is 6.18. The third-order valence-electron chi connectivity index (χ3n) is 3.19. The standard InChI is InChI=1S/C14H18FN5OS/c1-3-19(4-2)12(21)9-22-14-18-17-13(20(14)16)10-6-5-7-11(15)8-10/h5-8H,3-4,9,16H2,1-2H3. The number of halogens is 1. The van der Waals surface area contributed by atoms with Gasteiger partial charge in [-0.3, -0.25) is 4.79 Å². The molecule has 1 aromatic carbocycles. The van der Waals surface area contributed by atoms with E-state index >= 15 is 0 Å². The maximum absolute atomic E-state index is 13.3. The lowest BCUT2D eigenvalue weighted by atomic mass is 10.2. The molecule has 1 aromatic heterocycles. The molecule has 0 radical (unpaired) electrons. The van der Waals surface area contributed by atoms with E-state index in [-0.39, 0.29) is 17.5 Å². The van der Waals surface area contributed by atoms with E-state index < -0.39 is 0 Å². The normalized spacial score (nSPS) is 10.7. The van der Waals surface area contributed by atoms with Crippen molar-refractivity contribution < 1.29 is 9.18 Å². The second kappa shape index (κ2) is 7.26. The minimum Gasteiger partial charge on any atom is -0.343 e. The fraction of sp³-hybridized carbons (Fsp3) is 0.357. The smallest absolute Gasteiger partial charge is 0.233 e. The van der Waals surface area contributed by atoms with Crippen LogP contribution >= 0.6 is 11.8 Å². The van der Waals surface area contributed by atoms with Gasteiger partial charge in [0.1, 0.15) is 5.82 Å². The lowest BCUT2D eigenvalue weighted by molar-refractivity contribution is -0.127. The second-order valence-corrected chi connectivity index (χ2v) is 5.48. The Morgan fingerprint density at radius 1 is 1.36 bits per heavy atom. The summed E-state index contributed by atoms with van der Waals surface area (Å²) in [6, 6.07) is 5.96. The number of rotatable bonds is 6. The first-order valence-corrected chi connectivity index (χ1v) is 7.92. The highest BCUT2D eigenvalue weighted by atomic mass is 32.2. The van der Waals surface area contributed by atoms with E-state index in [1.807, 2.05) is 13.8 Å². The van der Waals surface area contributed by atoms with Crippen LogP contribution in [0.15, 0.2) is 29.4 Å². The molecule has 6 nitrogen and oxygen atoms in total. The molecule has 1 heterocycles. The molecule has 0 aliphatic carbocycles. The maximum Gasteiger partial charge on any atom is 0.233 e. The molecule has 2 N–H and O–H groups in total. The Hall–Kier alpha value is -2.09. The van der Waals surface area contributed by atoms with Gasteiger partial charge in [-0.1, -0.05) is 23.9 Å². The zero-order chi connectivity index (χ0) is 16.1. The monoisotopic (exact) mass is 323 g/mol. The average molecular weight is 323 g/mol. The lowest BCUT2D eigenvalue weighted by Crippen LogP contribution is -2.32. The summed E-state index contributed by atoms with van der Waals surface area (Å²) in [5.41, 5.74) is 0.539. The van der Waals surface area contributed by atoms with Crippen LogP contribution in [0.5, 0.6) is 0 Å². The molecule has 0 aliphatic rings. The van der Waals surface area contributed by atoms with Gasteiger partial charge in [-0.15, -0.1) is 10.2 Å². The topological polar surface area (TPSA) is 77.0 Å². The minimum absolute atomic E-state index is 0.0188. The fourth-order valence-electron chi connectivity index (χ4n) is 1.99. The van der Waals surface area contributed by atoms with E-state index in [1.165, 1.54) is 28.6 Å². The highest BCUT2D eigenvalue weighted by Crippen LogP contribution is 2.22. The molecular formula is C14H18FN5OS. The summed E-state index contributed by atoms with van der Waals surface area (Å²) < 4.78 is 14.5. The van der Waals surface area contributed by atoms with Gasteiger partial charge in [0.15, 0.2) is 5.82 Å². The Balaban J connectivity index is 2.10. The van der Waals surface area contributed by atoms with Gasteiger partial charge in [-0.05, 0) is 26.0 Å². The fourth-order valence-corrected chi connectivity index (χ4v) is 2.75. The molecular weight excluding hydrogens is 305 g/mol. The summed E-state index contributed by atoms with van der Waals surface area (Å²) in [5, 5.41) is 8.34. The Labute approximate surface area is 132 Å². The molecule has 22 heavy (non-hydrogen) atoms. The van der Waals surface area contributed by atoms with Gasteiger partial charge in [-0.25, -0.2) is 9.07 Å². The average Bonchev–Trinajstić information content (AvgIpc) is 2.87. The van der Waals surface area contributed by atoms with Gasteiger partial charge in [0.05, 0.1) is 5.75 Å². The van der Waals surface area contributed by atoms with E-state index in [1.54, 1.807) is 17.0 Å². The van der Waals surface area contributed by atoms with Crippen LogP contribution in [0, 0.1) is 5.82 Å². The molecule has 0 atom stereocenters. The van der Waals surface area contributed by atoms with Crippen molar-refractivity contribution in [3.05, 3.63) is 30.1 Å². The predicted molar refractivity (Wildman–Crippen MR) is 84.2 cm³/mol. The van der Waals surface area contributed by atoms with Crippen molar-refractivity contribution in [3.63, 3.8) is 0 Å². The van der Waals surface area contributed by atoms with Crippen LogP contribution in [0.3, 0.4) is 0 Å². The molecule has 8 heteroatoms. The van der Waals surface area contributed by atoms with Crippen LogP contribution in [-0.2, 0) is 4.79 Å². The van der Waals surface area contributed by atoms with E-state index in [4.69, 9.17) is 5.84 Å². The third-order valence-corrected chi connectivity index (χ3v) is 4.12. The zero-order valence-electron chi connectivity index (χ0n) is 12.5. The Bertz CT molecular complexity index is 656. The molecule has 118 valence electrons. The van der Waals surface area contributed by atoms with Gasteiger partial charge >= 0.3 is 0 Å². The van der Waals surface area contributed by atoms with Crippen LogP contribution < -0.4 is 5.84 Å². The Morgan fingerprint density at radius 2 is 2.09 bits per heavy atom. The predicted octanol–water partition coefficient (Wildman–Crippen LogP) is 1.76. The minimum atomic E-state index is -0.369. The zero-order valence-corrected chi connectivity index (χ0v) is 13.3. The summed E-state index contributed by atoms with van der Waals surface area (Å²) in [6.45, 7) is 5.19. The van der Waals surface area contributed by atoms with E-state index in [0.29, 0.717) is 29.6 Å². The largest absolute Gasteiger partial charge is 0.343 e. The number of nitrogen functional groups attached to an aromatic ring is 1. The first kappa shape index (κ1) is 16.3. The number of carbonyl (C=O) groups excluding carboxylic acids is 1. The number of hydrogen-bond acceptors (Lipinski definition) is 5. The van der Waals surface area contributed by atoms with Crippen molar-refractivity contribution in [1.82, 2.24) is 19.8 Å². The molecule has 2 rings (SSSR count). The first-order chi connectivity index (χ1) is 10.6. The van der Waals surface area contributed by atoms with Crippen LogP contribution in [0.2, 0.25) is 0 Å². The molecule has 2 aromatic rings. The maximum atomic E-state index is 13.3. The van der Waals surface area contributed by atoms with Gasteiger partial charge in [0.25, 0.3) is 0 Å². The first-order valence-electron chi connectivity index (χ1n) is 6.93. The van der Waals surface area contributed by atoms with Crippen LogP contribution in [0.4, 0.5) is 4.39 Å². The summed E-state index contributed by atoms with van der Waals surface area (Å²) in [6.07, 6.45) is 0. The SMILES string of the molecule is CCN(CC)C(=O)CSc1nnc(-c2cccc(F)c2)n1N. The van der Waals surface area contributed by atoms with Crippen molar-refractivity contribution >= 4 is 17.7 Å². The molecule has 1 amide bonds. The molecule has 0 saturated heterocycles. The number of amides is 1. The molecule has 0 fully saturated rings. The second-order valence-electron chi connectivity index (χ2n) is 4.54. The van der Waals surface area contributed by atoms with Crippen molar-refractivity contribution in [2.75, 3.05) is 24.7 Å². The lowest BCUT2D eigenvalue weighted by Gasteiger charge is -2.17. The molecule has 0 bridgehead atoms. The number of thioether (sulfide) groups is 1. The number of hydrogen-bond donors (Lipinski definition) is 1. The van der Waals surface area contributed by atoms with Crippen LogP contribution in [0.1, 0.15) is 13.8 Å². The highest BCUT2D eigenvalue weighted by Gasteiger charge is 2.16. The number of carbonyl (C=O) groups is 1. The summed E-state index contributed by atoms with van der Waals surface area (Å²) in [4.78, 5) is 13.7. The van der Waals surface area contributed by atoms with Crippen molar-refractivity contribution in [1.29, 1.82) is 0 Å². The van der Waals surface area contributed by atoms with E-state index in [0.717, 1.165) is 0 Å². The number of nitrogens with two attached hydrogens (primary N) is 1. The van der Waals surface area contributed by atoms with E-state index in [2.05, 4.69) is 10.2 Å². The quantitative estimate of drug-likeness (QED) is 0.647. The number of aromatic nitrogens is 3. The van der Waals surface area contributed by atoms with Gasteiger partial charge in [-0.2, -0.15) is 0 Å². The van der Waals surface area contributed by atoms with Crippen molar-refractivity contribution in [2.45, 2.75) is 19.0 Å². The summed E-state index contributed by atoms with van der Waals surface area (Å²) in [7, 11) is 0. The van der Waals surface area contributed by atoms with Gasteiger partial charge in [0, 0.05) is 18.7 Å². The third kappa shape index (κ3) is 3.56. The Morgan fingerprint density at radius 3 is 2.73 bits per heavy atom. The molecule has 0 aliphatic heterocycles. The van der Waals surface area contributed by atoms with Crippen molar-refractivity contribution in [2.24, 2.45) is 0 Å².